The van der Waals surface area contributed by atoms with Crippen LogP contribution in [0.4, 0.5) is 5.69 Å². The van der Waals surface area contributed by atoms with E-state index in [9.17, 15) is 8.42 Å². The maximum atomic E-state index is 11.4. The van der Waals surface area contributed by atoms with Gasteiger partial charge in [0.25, 0.3) is 0 Å². The summed E-state index contributed by atoms with van der Waals surface area (Å²) in [7, 11) is -1.76. The van der Waals surface area contributed by atoms with Crippen LogP contribution in [0.3, 0.4) is 0 Å². The average molecular weight is 259 g/mol. The van der Waals surface area contributed by atoms with Gasteiger partial charge >= 0.3 is 0 Å². The number of benzene rings is 1. The van der Waals surface area contributed by atoms with Crippen molar-refractivity contribution in [1.29, 1.82) is 0 Å². The standard InChI is InChI=1S/C11H17NO4S/c1-4-16-10-7-6-9(8-11(10)15-3)12-17(13,14)5-2/h6-8,12H,4-5H2,1-3H3. The summed E-state index contributed by atoms with van der Waals surface area (Å²) in [6, 6.07) is 4.91. The minimum Gasteiger partial charge on any atom is -0.493 e. The smallest absolute Gasteiger partial charge is 0.232 e. The molecule has 0 spiro atoms. The first-order valence-corrected chi connectivity index (χ1v) is 6.99. The molecule has 0 aliphatic carbocycles. The summed E-state index contributed by atoms with van der Waals surface area (Å²) in [6.45, 7) is 3.97. The van der Waals surface area contributed by atoms with E-state index in [4.69, 9.17) is 9.47 Å². The van der Waals surface area contributed by atoms with E-state index in [1.807, 2.05) is 6.92 Å². The molecule has 0 bridgehead atoms. The van der Waals surface area contributed by atoms with Crippen LogP contribution in [0.5, 0.6) is 11.5 Å². The third-order valence-corrected chi connectivity index (χ3v) is 3.42. The maximum absolute atomic E-state index is 11.4. The Morgan fingerprint density at radius 3 is 2.47 bits per heavy atom. The van der Waals surface area contributed by atoms with Gasteiger partial charge in [-0.25, -0.2) is 8.42 Å². The number of hydrogen-bond donors (Lipinski definition) is 1. The molecule has 0 fully saturated rings. The summed E-state index contributed by atoms with van der Waals surface area (Å²) in [5, 5.41) is 0. The molecule has 0 aliphatic rings. The van der Waals surface area contributed by atoms with Crippen molar-refractivity contribution in [2.75, 3.05) is 24.2 Å². The van der Waals surface area contributed by atoms with Crippen molar-refractivity contribution >= 4 is 15.7 Å². The van der Waals surface area contributed by atoms with Gasteiger partial charge in [0.2, 0.25) is 10.0 Å². The molecular weight excluding hydrogens is 242 g/mol. The first-order valence-electron chi connectivity index (χ1n) is 5.33. The van der Waals surface area contributed by atoms with Gasteiger partial charge in [-0.05, 0) is 26.0 Å². The van der Waals surface area contributed by atoms with Gasteiger partial charge in [-0.3, -0.25) is 4.72 Å². The Morgan fingerprint density at radius 2 is 1.94 bits per heavy atom. The van der Waals surface area contributed by atoms with Gasteiger partial charge in [0.15, 0.2) is 11.5 Å². The highest BCUT2D eigenvalue weighted by atomic mass is 32.2. The highest BCUT2D eigenvalue weighted by Gasteiger charge is 2.10. The fourth-order valence-corrected chi connectivity index (χ4v) is 1.89. The monoisotopic (exact) mass is 259 g/mol. The van der Waals surface area contributed by atoms with Crippen molar-refractivity contribution in [3.05, 3.63) is 18.2 Å². The minimum atomic E-state index is -3.27. The Morgan fingerprint density at radius 1 is 1.24 bits per heavy atom. The van der Waals surface area contributed by atoms with Crippen molar-refractivity contribution < 1.29 is 17.9 Å². The van der Waals surface area contributed by atoms with E-state index in [0.29, 0.717) is 23.8 Å². The second kappa shape index (κ2) is 5.77. The maximum Gasteiger partial charge on any atom is 0.232 e. The molecule has 1 rings (SSSR count). The Bertz CT molecular complexity index is 470. The van der Waals surface area contributed by atoms with Gasteiger partial charge in [-0.1, -0.05) is 0 Å². The van der Waals surface area contributed by atoms with Crippen LogP contribution in [0.2, 0.25) is 0 Å². The number of anilines is 1. The van der Waals surface area contributed by atoms with Crippen LogP contribution in [0, 0.1) is 0 Å². The van der Waals surface area contributed by atoms with E-state index < -0.39 is 10.0 Å². The fraction of sp³-hybridized carbons (Fsp3) is 0.455. The highest BCUT2D eigenvalue weighted by Crippen LogP contribution is 2.30. The molecule has 1 N–H and O–H groups in total. The van der Waals surface area contributed by atoms with Crippen molar-refractivity contribution in [3.63, 3.8) is 0 Å². The molecule has 17 heavy (non-hydrogen) atoms. The quantitative estimate of drug-likeness (QED) is 0.846. The molecule has 0 amide bonds. The minimum absolute atomic E-state index is 0.0303. The Hall–Kier alpha value is -1.43. The van der Waals surface area contributed by atoms with E-state index in [-0.39, 0.29) is 5.75 Å². The van der Waals surface area contributed by atoms with Crippen LogP contribution >= 0.6 is 0 Å². The predicted molar refractivity (Wildman–Crippen MR) is 67.2 cm³/mol. The zero-order chi connectivity index (χ0) is 12.9. The molecule has 0 saturated carbocycles. The molecule has 1 aromatic carbocycles. The molecule has 0 atom stereocenters. The van der Waals surface area contributed by atoms with Crippen molar-refractivity contribution in [3.8, 4) is 11.5 Å². The van der Waals surface area contributed by atoms with Crippen molar-refractivity contribution in [1.82, 2.24) is 0 Å². The molecule has 6 heteroatoms. The van der Waals surface area contributed by atoms with Crippen molar-refractivity contribution in [2.24, 2.45) is 0 Å². The van der Waals surface area contributed by atoms with Crippen molar-refractivity contribution in [2.45, 2.75) is 13.8 Å². The summed E-state index contributed by atoms with van der Waals surface area (Å²) in [5.41, 5.74) is 0.465. The summed E-state index contributed by atoms with van der Waals surface area (Å²) in [6.07, 6.45) is 0. The molecule has 0 aliphatic heterocycles. The molecule has 0 heterocycles. The third kappa shape index (κ3) is 3.81. The summed E-state index contributed by atoms with van der Waals surface area (Å²) < 4.78 is 35.7. The number of methoxy groups -OCH3 is 1. The normalized spacial score (nSPS) is 11.0. The Balaban J connectivity index is 2.97. The van der Waals surface area contributed by atoms with Gasteiger partial charge in [-0.15, -0.1) is 0 Å². The molecule has 1 aromatic rings. The van der Waals surface area contributed by atoms with Gasteiger partial charge in [-0.2, -0.15) is 0 Å². The third-order valence-electron chi connectivity index (χ3n) is 2.12. The molecule has 0 radical (unpaired) electrons. The summed E-state index contributed by atoms with van der Waals surface area (Å²) in [4.78, 5) is 0. The summed E-state index contributed by atoms with van der Waals surface area (Å²) in [5.74, 6) is 1.13. The van der Waals surface area contributed by atoms with Crippen LogP contribution in [-0.4, -0.2) is 27.9 Å². The first-order chi connectivity index (χ1) is 8.02. The van der Waals surface area contributed by atoms with E-state index in [1.54, 1.807) is 25.1 Å². The highest BCUT2D eigenvalue weighted by molar-refractivity contribution is 7.92. The van der Waals surface area contributed by atoms with E-state index in [1.165, 1.54) is 7.11 Å². The zero-order valence-corrected chi connectivity index (χ0v) is 11.0. The SMILES string of the molecule is CCOc1ccc(NS(=O)(=O)CC)cc1OC. The molecule has 0 saturated heterocycles. The summed E-state index contributed by atoms with van der Waals surface area (Å²) >= 11 is 0. The van der Waals surface area contributed by atoms with Crippen LogP contribution in [0.1, 0.15) is 13.8 Å². The van der Waals surface area contributed by atoms with Gasteiger partial charge < -0.3 is 9.47 Å². The van der Waals surface area contributed by atoms with Gasteiger partial charge in [0, 0.05) is 6.07 Å². The number of hydrogen-bond acceptors (Lipinski definition) is 4. The number of rotatable bonds is 6. The topological polar surface area (TPSA) is 64.6 Å². The average Bonchev–Trinajstić information content (AvgIpc) is 2.31. The number of sulfonamides is 1. The molecule has 0 aromatic heterocycles. The lowest BCUT2D eigenvalue weighted by Crippen LogP contribution is -2.14. The second-order valence-electron chi connectivity index (χ2n) is 3.30. The van der Waals surface area contributed by atoms with Crippen LogP contribution < -0.4 is 14.2 Å². The van der Waals surface area contributed by atoms with Gasteiger partial charge in [0.05, 0.1) is 25.2 Å². The number of nitrogens with one attached hydrogen (secondary N) is 1. The number of ether oxygens (including phenoxy) is 2. The lowest BCUT2D eigenvalue weighted by atomic mass is 10.3. The predicted octanol–water partition coefficient (Wildman–Crippen LogP) is 1.86. The molecule has 0 unspecified atom stereocenters. The second-order valence-corrected chi connectivity index (χ2v) is 5.32. The van der Waals surface area contributed by atoms with Crippen LogP contribution in [-0.2, 0) is 10.0 Å². The lowest BCUT2D eigenvalue weighted by molar-refractivity contribution is 0.311. The van der Waals surface area contributed by atoms with Gasteiger partial charge in [0.1, 0.15) is 0 Å². The van der Waals surface area contributed by atoms with E-state index in [0.717, 1.165) is 0 Å². The lowest BCUT2D eigenvalue weighted by Gasteiger charge is -2.12. The van der Waals surface area contributed by atoms with Crippen LogP contribution in [0.25, 0.3) is 0 Å². The Kier molecular flexibility index (Phi) is 4.62. The molecule has 5 nitrogen and oxygen atoms in total. The largest absolute Gasteiger partial charge is 0.493 e. The van der Waals surface area contributed by atoms with Crippen LogP contribution in [0.15, 0.2) is 18.2 Å². The Labute approximate surface area is 102 Å². The zero-order valence-electron chi connectivity index (χ0n) is 10.2. The molecule has 96 valence electrons. The first kappa shape index (κ1) is 13.6. The molecular formula is C11H17NO4S. The van der Waals surface area contributed by atoms with E-state index in [2.05, 4.69) is 4.72 Å². The van der Waals surface area contributed by atoms with E-state index >= 15 is 0 Å². The fourth-order valence-electron chi connectivity index (χ4n) is 1.26.